The second kappa shape index (κ2) is 5.15. The summed E-state index contributed by atoms with van der Waals surface area (Å²) < 4.78 is 0. The SMILES string of the molecule is NCC1CCC(C(=O)N2CC(CO)C2)CC1. The molecule has 0 bridgehead atoms. The third-order valence-electron chi connectivity index (χ3n) is 4.06. The molecule has 0 unspecified atom stereocenters. The van der Waals surface area contributed by atoms with Gasteiger partial charge in [0.25, 0.3) is 0 Å². The molecule has 1 amide bonds. The minimum absolute atomic E-state index is 0.212. The van der Waals surface area contributed by atoms with Gasteiger partial charge < -0.3 is 15.7 Å². The van der Waals surface area contributed by atoms with E-state index in [4.69, 9.17) is 10.8 Å². The molecule has 0 atom stereocenters. The van der Waals surface area contributed by atoms with Crippen molar-refractivity contribution in [2.24, 2.45) is 23.5 Å². The molecule has 2 rings (SSSR count). The molecule has 3 N–H and O–H groups in total. The zero-order valence-electron chi connectivity index (χ0n) is 9.77. The topological polar surface area (TPSA) is 66.6 Å². The van der Waals surface area contributed by atoms with Crippen LogP contribution in [0.4, 0.5) is 0 Å². The molecule has 1 saturated carbocycles. The molecule has 4 nitrogen and oxygen atoms in total. The van der Waals surface area contributed by atoms with Crippen LogP contribution in [0.1, 0.15) is 25.7 Å². The normalized spacial score (nSPS) is 31.2. The predicted octanol–water partition coefficient (Wildman–Crippen LogP) is 0.202. The molecule has 92 valence electrons. The van der Waals surface area contributed by atoms with E-state index in [9.17, 15) is 4.79 Å². The van der Waals surface area contributed by atoms with Crippen LogP contribution in [0.25, 0.3) is 0 Å². The van der Waals surface area contributed by atoms with E-state index in [-0.39, 0.29) is 12.5 Å². The molecule has 2 aliphatic rings. The maximum Gasteiger partial charge on any atom is 0.225 e. The number of hydrogen-bond acceptors (Lipinski definition) is 3. The summed E-state index contributed by atoms with van der Waals surface area (Å²) in [6, 6.07) is 0. The van der Waals surface area contributed by atoms with Gasteiger partial charge in [-0.3, -0.25) is 4.79 Å². The number of nitrogens with zero attached hydrogens (tertiary/aromatic N) is 1. The van der Waals surface area contributed by atoms with E-state index in [1.807, 2.05) is 4.90 Å². The number of aliphatic hydroxyl groups is 1. The third-order valence-corrected chi connectivity index (χ3v) is 4.06. The van der Waals surface area contributed by atoms with Crippen molar-refractivity contribution in [3.05, 3.63) is 0 Å². The van der Waals surface area contributed by atoms with Crippen molar-refractivity contribution >= 4 is 5.91 Å². The van der Waals surface area contributed by atoms with Gasteiger partial charge in [-0.25, -0.2) is 0 Å². The van der Waals surface area contributed by atoms with E-state index < -0.39 is 0 Å². The molecule has 1 saturated heterocycles. The third kappa shape index (κ3) is 2.38. The van der Waals surface area contributed by atoms with Crippen molar-refractivity contribution in [2.75, 3.05) is 26.2 Å². The van der Waals surface area contributed by atoms with Gasteiger partial charge >= 0.3 is 0 Å². The zero-order chi connectivity index (χ0) is 11.5. The lowest BCUT2D eigenvalue weighted by Crippen LogP contribution is -2.53. The van der Waals surface area contributed by atoms with Crippen molar-refractivity contribution in [1.82, 2.24) is 4.90 Å². The first-order valence-corrected chi connectivity index (χ1v) is 6.34. The Bertz CT molecular complexity index is 243. The monoisotopic (exact) mass is 226 g/mol. The van der Waals surface area contributed by atoms with Crippen LogP contribution in [0.2, 0.25) is 0 Å². The van der Waals surface area contributed by atoms with Crippen LogP contribution in [0.15, 0.2) is 0 Å². The molecule has 0 aromatic rings. The zero-order valence-corrected chi connectivity index (χ0v) is 9.77. The minimum Gasteiger partial charge on any atom is -0.396 e. The van der Waals surface area contributed by atoms with Gasteiger partial charge in [0.1, 0.15) is 0 Å². The second-order valence-electron chi connectivity index (χ2n) is 5.25. The van der Waals surface area contributed by atoms with E-state index in [1.54, 1.807) is 0 Å². The number of rotatable bonds is 3. The Morgan fingerprint density at radius 3 is 2.31 bits per heavy atom. The summed E-state index contributed by atoms with van der Waals surface area (Å²) in [4.78, 5) is 13.9. The van der Waals surface area contributed by atoms with Gasteiger partial charge in [-0.05, 0) is 38.1 Å². The molecule has 1 aliphatic heterocycles. The second-order valence-corrected chi connectivity index (χ2v) is 5.25. The van der Waals surface area contributed by atoms with Gasteiger partial charge in [0, 0.05) is 31.5 Å². The van der Waals surface area contributed by atoms with Crippen LogP contribution in [0.5, 0.6) is 0 Å². The first-order chi connectivity index (χ1) is 7.74. The van der Waals surface area contributed by atoms with Crippen LogP contribution in [0, 0.1) is 17.8 Å². The summed E-state index contributed by atoms with van der Waals surface area (Å²) in [6.45, 7) is 2.49. The van der Waals surface area contributed by atoms with E-state index in [2.05, 4.69) is 0 Å². The summed E-state index contributed by atoms with van der Waals surface area (Å²) in [6.07, 6.45) is 4.20. The number of amides is 1. The van der Waals surface area contributed by atoms with E-state index in [0.29, 0.717) is 17.7 Å². The summed E-state index contributed by atoms with van der Waals surface area (Å²) in [5, 5.41) is 8.91. The minimum atomic E-state index is 0.212. The maximum absolute atomic E-state index is 12.0. The molecule has 0 aromatic heterocycles. The Kier molecular flexibility index (Phi) is 3.82. The molecule has 0 spiro atoms. The highest BCUT2D eigenvalue weighted by molar-refractivity contribution is 5.79. The van der Waals surface area contributed by atoms with Crippen LogP contribution < -0.4 is 5.73 Å². The summed E-state index contributed by atoms with van der Waals surface area (Å²) in [5.41, 5.74) is 5.64. The fourth-order valence-electron chi connectivity index (χ4n) is 2.77. The Labute approximate surface area is 96.8 Å². The highest BCUT2D eigenvalue weighted by Crippen LogP contribution is 2.31. The van der Waals surface area contributed by atoms with Gasteiger partial charge in [-0.15, -0.1) is 0 Å². The average Bonchev–Trinajstić information content (AvgIpc) is 2.27. The number of nitrogens with two attached hydrogens (primary N) is 1. The van der Waals surface area contributed by atoms with Crippen molar-refractivity contribution in [2.45, 2.75) is 25.7 Å². The highest BCUT2D eigenvalue weighted by atomic mass is 16.3. The van der Waals surface area contributed by atoms with Gasteiger partial charge in [0.05, 0.1) is 0 Å². The molecule has 2 fully saturated rings. The predicted molar refractivity (Wildman–Crippen MR) is 61.7 cm³/mol. The fourth-order valence-corrected chi connectivity index (χ4v) is 2.77. The first-order valence-electron chi connectivity index (χ1n) is 6.34. The van der Waals surface area contributed by atoms with Crippen LogP contribution in [0.3, 0.4) is 0 Å². The molecule has 4 heteroatoms. The Morgan fingerprint density at radius 2 is 1.81 bits per heavy atom. The Morgan fingerprint density at radius 1 is 1.19 bits per heavy atom. The lowest BCUT2D eigenvalue weighted by molar-refractivity contribution is -0.144. The van der Waals surface area contributed by atoms with Crippen molar-refractivity contribution in [1.29, 1.82) is 0 Å². The summed E-state index contributed by atoms with van der Waals surface area (Å²) >= 11 is 0. The van der Waals surface area contributed by atoms with Crippen LogP contribution in [-0.4, -0.2) is 42.2 Å². The number of carbonyl (C=O) groups is 1. The van der Waals surface area contributed by atoms with Crippen molar-refractivity contribution in [3.8, 4) is 0 Å². The molecule has 1 aliphatic carbocycles. The number of carbonyl (C=O) groups excluding carboxylic acids is 1. The smallest absolute Gasteiger partial charge is 0.225 e. The van der Waals surface area contributed by atoms with Crippen molar-refractivity contribution < 1.29 is 9.90 Å². The van der Waals surface area contributed by atoms with Gasteiger partial charge in [-0.1, -0.05) is 0 Å². The highest BCUT2D eigenvalue weighted by Gasteiger charge is 2.35. The molecule has 16 heavy (non-hydrogen) atoms. The number of aliphatic hydroxyl groups excluding tert-OH is 1. The molecule has 0 aromatic carbocycles. The molecular weight excluding hydrogens is 204 g/mol. The number of likely N-dealkylation sites (tertiary alicyclic amines) is 1. The first kappa shape index (κ1) is 11.9. The fraction of sp³-hybridized carbons (Fsp3) is 0.917. The van der Waals surface area contributed by atoms with E-state index >= 15 is 0 Å². The van der Waals surface area contributed by atoms with Crippen LogP contribution in [-0.2, 0) is 4.79 Å². The molecule has 0 radical (unpaired) electrons. The van der Waals surface area contributed by atoms with E-state index in [1.165, 1.54) is 0 Å². The largest absolute Gasteiger partial charge is 0.396 e. The van der Waals surface area contributed by atoms with Gasteiger partial charge in [0.2, 0.25) is 5.91 Å². The Balaban J connectivity index is 1.75. The van der Waals surface area contributed by atoms with Crippen LogP contribution >= 0.6 is 0 Å². The lowest BCUT2D eigenvalue weighted by atomic mass is 9.80. The Hall–Kier alpha value is -0.610. The molecule has 1 heterocycles. The lowest BCUT2D eigenvalue weighted by Gasteiger charge is -2.41. The molecular formula is C12H22N2O2. The van der Waals surface area contributed by atoms with Crippen molar-refractivity contribution in [3.63, 3.8) is 0 Å². The average molecular weight is 226 g/mol. The number of hydrogen-bond donors (Lipinski definition) is 2. The van der Waals surface area contributed by atoms with Gasteiger partial charge in [-0.2, -0.15) is 0 Å². The summed E-state index contributed by atoms with van der Waals surface area (Å²) in [5.74, 6) is 1.48. The maximum atomic E-state index is 12.0. The van der Waals surface area contributed by atoms with Gasteiger partial charge in [0.15, 0.2) is 0 Å². The van der Waals surface area contributed by atoms with E-state index in [0.717, 1.165) is 45.3 Å². The quantitative estimate of drug-likeness (QED) is 0.722. The summed E-state index contributed by atoms with van der Waals surface area (Å²) in [7, 11) is 0. The standard InChI is InChI=1S/C12H22N2O2/c13-5-9-1-3-11(4-2-9)12(16)14-6-10(7-14)8-15/h9-11,15H,1-8,13H2.